The summed E-state index contributed by atoms with van der Waals surface area (Å²) in [6.07, 6.45) is 0. The van der Waals surface area contributed by atoms with Crippen LogP contribution in [0.3, 0.4) is 0 Å². The van der Waals surface area contributed by atoms with Gasteiger partial charge in [-0.2, -0.15) is 0 Å². The number of ether oxygens (including phenoxy) is 1. The van der Waals surface area contributed by atoms with Crippen LogP contribution < -0.4 is 10.1 Å². The summed E-state index contributed by atoms with van der Waals surface area (Å²) in [4.78, 5) is 16.5. The lowest BCUT2D eigenvalue weighted by molar-refractivity contribution is -0.123. The van der Waals surface area contributed by atoms with Crippen molar-refractivity contribution in [2.75, 3.05) is 19.8 Å². The molecule has 1 aromatic heterocycles. The predicted octanol–water partition coefficient (Wildman–Crippen LogP) is 4.36. The second-order valence-electron chi connectivity index (χ2n) is 7.33. The van der Waals surface area contributed by atoms with Gasteiger partial charge in [0.05, 0.1) is 17.8 Å². The third-order valence-electron chi connectivity index (χ3n) is 5.00. The lowest BCUT2D eigenvalue weighted by Gasteiger charge is -2.12. The average molecular weight is 412 g/mol. The van der Waals surface area contributed by atoms with Gasteiger partial charge in [0.1, 0.15) is 5.75 Å². The summed E-state index contributed by atoms with van der Waals surface area (Å²) in [5, 5.41) is 12.4. The number of hydrogen-bond acceptors (Lipinski definition) is 4. The molecular weight excluding hydrogens is 388 g/mol. The molecule has 31 heavy (non-hydrogen) atoms. The number of aryl methyl sites for hydroxylation is 1. The Morgan fingerprint density at radius 1 is 0.968 bits per heavy atom. The van der Waals surface area contributed by atoms with Gasteiger partial charge in [-0.1, -0.05) is 42.0 Å². The van der Waals surface area contributed by atoms with E-state index in [9.17, 15) is 4.79 Å². The van der Waals surface area contributed by atoms with Crippen molar-refractivity contribution in [3.8, 4) is 28.1 Å². The van der Waals surface area contributed by atoms with E-state index in [2.05, 4.69) is 48.6 Å². The number of hydrogen-bond donors (Lipinski definition) is 2. The van der Waals surface area contributed by atoms with Crippen LogP contribution in [0, 0.1) is 6.92 Å². The lowest BCUT2D eigenvalue weighted by atomic mass is 9.97. The van der Waals surface area contributed by atoms with Crippen molar-refractivity contribution in [3.63, 3.8) is 0 Å². The first-order valence-electron chi connectivity index (χ1n) is 10.2. The Kier molecular flexibility index (Phi) is 6.24. The summed E-state index contributed by atoms with van der Waals surface area (Å²) in [7, 11) is 0. The van der Waals surface area contributed by atoms with Crippen molar-refractivity contribution in [2.24, 2.45) is 0 Å². The Labute approximate surface area is 181 Å². The number of fused-ring (bicyclic) bond motifs is 1. The number of nitrogens with one attached hydrogen (secondary N) is 1. The molecular formula is C26H24N2O3. The Morgan fingerprint density at radius 2 is 1.74 bits per heavy atom. The molecule has 4 rings (SSSR count). The van der Waals surface area contributed by atoms with Crippen molar-refractivity contribution in [1.29, 1.82) is 0 Å². The summed E-state index contributed by atoms with van der Waals surface area (Å²) in [5.41, 5.74) is 6.28. The smallest absolute Gasteiger partial charge is 0.258 e. The molecule has 0 saturated carbocycles. The minimum Gasteiger partial charge on any atom is -0.484 e. The molecule has 0 aliphatic rings. The van der Waals surface area contributed by atoms with Gasteiger partial charge in [0.2, 0.25) is 0 Å². The van der Waals surface area contributed by atoms with E-state index >= 15 is 0 Å². The molecule has 1 heterocycles. The number of rotatable bonds is 7. The number of benzene rings is 3. The molecule has 5 heteroatoms. The molecule has 1 amide bonds. The fraction of sp³-hybridized carbons (Fsp3) is 0.154. The van der Waals surface area contributed by atoms with E-state index in [4.69, 9.17) is 14.8 Å². The molecule has 3 aromatic carbocycles. The number of amides is 1. The Balaban J connectivity index is 1.64. The quantitative estimate of drug-likeness (QED) is 0.473. The summed E-state index contributed by atoms with van der Waals surface area (Å²) < 4.78 is 5.52. The van der Waals surface area contributed by atoms with Gasteiger partial charge >= 0.3 is 0 Å². The molecule has 0 fully saturated rings. The number of carbonyl (C=O) groups is 1. The average Bonchev–Trinajstić information content (AvgIpc) is 2.81. The highest BCUT2D eigenvalue weighted by atomic mass is 16.5. The van der Waals surface area contributed by atoms with E-state index in [-0.39, 0.29) is 25.7 Å². The zero-order valence-electron chi connectivity index (χ0n) is 17.3. The van der Waals surface area contributed by atoms with Crippen molar-refractivity contribution in [3.05, 3.63) is 84.4 Å². The van der Waals surface area contributed by atoms with E-state index in [1.54, 1.807) is 0 Å². The van der Waals surface area contributed by atoms with Crippen molar-refractivity contribution in [1.82, 2.24) is 10.3 Å². The van der Waals surface area contributed by atoms with E-state index < -0.39 is 0 Å². The zero-order valence-corrected chi connectivity index (χ0v) is 17.3. The summed E-state index contributed by atoms with van der Waals surface area (Å²) in [6.45, 7) is 2.12. The van der Waals surface area contributed by atoms with Crippen LogP contribution in [0.1, 0.15) is 5.56 Å². The number of aromatic nitrogens is 1. The van der Waals surface area contributed by atoms with E-state index in [0.717, 1.165) is 33.3 Å². The lowest BCUT2D eigenvalue weighted by Crippen LogP contribution is -2.31. The number of aliphatic hydroxyl groups is 1. The third kappa shape index (κ3) is 4.90. The molecule has 0 atom stereocenters. The zero-order chi connectivity index (χ0) is 21.6. The fourth-order valence-electron chi connectivity index (χ4n) is 3.46. The third-order valence-corrected chi connectivity index (χ3v) is 5.00. The van der Waals surface area contributed by atoms with Gasteiger partial charge in [0.15, 0.2) is 6.61 Å². The second-order valence-corrected chi connectivity index (χ2v) is 7.33. The minimum absolute atomic E-state index is 0.0922. The first-order chi connectivity index (χ1) is 15.1. The first kappa shape index (κ1) is 20.6. The molecule has 0 bridgehead atoms. The summed E-state index contributed by atoms with van der Waals surface area (Å²) >= 11 is 0. The van der Waals surface area contributed by atoms with Gasteiger partial charge in [0.25, 0.3) is 5.91 Å². The highest BCUT2D eigenvalue weighted by Crippen LogP contribution is 2.33. The molecule has 0 aliphatic heterocycles. The van der Waals surface area contributed by atoms with Gasteiger partial charge in [-0.3, -0.25) is 4.79 Å². The van der Waals surface area contributed by atoms with Crippen LogP contribution in [-0.4, -0.2) is 35.8 Å². The summed E-state index contributed by atoms with van der Waals surface area (Å²) in [6, 6.07) is 26.3. The minimum atomic E-state index is -0.267. The molecule has 0 radical (unpaired) electrons. The maximum absolute atomic E-state index is 11.6. The van der Waals surface area contributed by atoms with Crippen LogP contribution in [0.5, 0.6) is 5.75 Å². The van der Waals surface area contributed by atoms with Crippen LogP contribution >= 0.6 is 0 Å². The molecule has 0 aliphatic carbocycles. The predicted molar refractivity (Wildman–Crippen MR) is 123 cm³/mol. The fourth-order valence-corrected chi connectivity index (χ4v) is 3.46. The van der Waals surface area contributed by atoms with E-state index in [1.165, 1.54) is 5.56 Å². The van der Waals surface area contributed by atoms with Crippen molar-refractivity contribution >= 4 is 16.8 Å². The number of carbonyl (C=O) groups excluding carboxylic acids is 1. The van der Waals surface area contributed by atoms with Gasteiger partial charge in [0, 0.05) is 17.5 Å². The molecule has 0 unspecified atom stereocenters. The van der Waals surface area contributed by atoms with Crippen LogP contribution in [0.4, 0.5) is 0 Å². The van der Waals surface area contributed by atoms with Gasteiger partial charge in [-0.25, -0.2) is 4.98 Å². The molecule has 2 N–H and O–H groups in total. The molecule has 156 valence electrons. The second kappa shape index (κ2) is 9.41. The van der Waals surface area contributed by atoms with Gasteiger partial charge in [-0.15, -0.1) is 0 Å². The maximum Gasteiger partial charge on any atom is 0.258 e. The number of pyridine rings is 1. The summed E-state index contributed by atoms with van der Waals surface area (Å²) in [5.74, 6) is 0.333. The highest BCUT2D eigenvalue weighted by molar-refractivity contribution is 5.97. The van der Waals surface area contributed by atoms with Gasteiger partial charge < -0.3 is 15.2 Å². The molecule has 4 aromatic rings. The Hall–Kier alpha value is -3.70. The topological polar surface area (TPSA) is 71.5 Å². The largest absolute Gasteiger partial charge is 0.484 e. The monoisotopic (exact) mass is 412 g/mol. The molecule has 0 spiro atoms. The Bertz CT molecular complexity index is 1190. The van der Waals surface area contributed by atoms with Crippen molar-refractivity contribution in [2.45, 2.75) is 6.92 Å². The normalized spacial score (nSPS) is 10.8. The number of aliphatic hydroxyl groups excluding tert-OH is 1. The van der Waals surface area contributed by atoms with Crippen LogP contribution in [-0.2, 0) is 4.79 Å². The molecule has 5 nitrogen and oxygen atoms in total. The Morgan fingerprint density at radius 3 is 2.48 bits per heavy atom. The highest BCUT2D eigenvalue weighted by Gasteiger charge is 2.10. The van der Waals surface area contributed by atoms with Crippen LogP contribution in [0.2, 0.25) is 0 Å². The standard InChI is InChI=1S/C26H24N2O3/c1-18-7-12-24-23(15-18)22(19-5-3-2-4-6-19)16-25(28-24)20-8-10-21(11-9-20)31-17-26(30)27-13-14-29/h2-12,15-16,29H,13-14,17H2,1H3,(H,27,30). The SMILES string of the molecule is Cc1ccc2nc(-c3ccc(OCC(=O)NCCO)cc3)cc(-c3ccccc3)c2c1. The van der Waals surface area contributed by atoms with Gasteiger partial charge in [-0.05, 0) is 60.5 Å². The van der Waals surface area contributed by atoms with Crippen LogP contribution in [0.25, 0.3) is 33.3 Å². The molecule has 0 saturated heterocycles. The van der Waals surface area contributed by atoms with Crippen molar-refractivity contribution < 1.29 is 14.6 Å². The number of nitrogens with zero attached hydrogens (tertiary/aromatic N) is 1. The van der Waals surface area contributed by atoms with Crippen LogP contribution in [0.15, 0.2) is 78.9 Å². The maximum atomic E-state index is 11.6. The van der Waals surface area contributed by atoms with E-state index in [1.807, 2.05) is 42.5 Å². The van der Waals surface area contributed by atoms with E-state index in [0.29, 0.717) is 5.75 Å². The first-order valence-corrected chi connectivity index (χ1v) is 10.2.